The third-order valence-corrected chi connectivity index (χ3v) is 2.20. The van der Waals surface area contributed by atoms with Crippen molar-refractivity contribution in [1.82, 2.24) is 0 Å². The van der Waals surface area contributed by atoms with Crippen LogP contribution in [0.1, 0.15) is 21.2 Å². The van der Waals surface area contributed by atoms with Crippen LogP contribution in [0.3, 0.4) is 0 Å². The Balaban J connectivity index is -0.000000720. The molecule has 0 rings (SSSR count). The zero-order valence-electron chi connectivity index (χ0n) is 9.23. The van der Waals surface area contributed by atoms with E-state index in [1.807, 2.05) is 0 Å². The molecule has 0 amide bonds. The van der Waals surface area contributed by atoms with Crippen molar-refractivity contribution >= 4 is 16.1 Å². The first-order valence-electron chi connectivity index (χ1n) is 3.68. The van der Waals surface area contributed by atoms with Crippen LogP contribution in [0.25, 0.3) is 0 Å². The third kappa shape index (κ3) is 10.8. The molecule has 2 N–H and O–H groups in total. The van der Waals surface area contributed by atoms with Crippen molar-refractivity contribution in [2.24, 2.45) is 0 Å². The Morgan fingerprint density at radius 3 is 2.36 bits per heavy atom. The van der Waals surface area contributed by atoms with E-state index in [2.05, 4.69) is 0 Å². The maximum absolute atomic E-state index is 10.3. The van der Waals surface area contributed by atoms with Crippen LogP contribution >= 0.6 is 0 Å². The summed E-state index contributed by atoms with van der Waals surface area (Å²) in [6.07, 6.45) is 1.98. The van der Waals surface area contributed by atoms with Crippen molar-refractivity contribution < 1.29 is 75.7 Å². The van der Waals surface area contributed by atoms with E-state index >= 15 is 0 Å². The zero-order chi connectivity index (χ0) is 10.5. The fourth-order valence-electron chi connectivity index (χ4n) is 0.672. The van der Waals surface area contributed by atoms with Gasteiger partial charge in [0.05, 0.1) is 5.75 Å². The van der Waals surface area contributed by atoms with Gasteiger partial charge in [0.1, 0.15) is 0 Å². The van der Waals surface area contributed by atoms with Crippen LogP contribution in [0.2, 0.25) is 0 Å². The van der Waals surface area contributed by atoms with Crippen molar-refractivity contribution in [2.45, 2.75) is 19.8 Å². The molecule has 0 atom stereocenters. The molecular weight excluding hydrogens is 235 g/mol. The van der Waals surface area contributed by atoms with E-state index in [0.717, 1.165) is 0 Å². The van der Waals surface area contributed by atoms with Crippen LogP contribution in [0.5, 0.6) is 0 Å². The van der Waals surface area contributed by atoms with Crippen LogP contribution in [-0.2, 0) is 14.9 Å². The predicted molar refractivity (Wildman–Crippen MR) is 48.2 cm³/mol. The van der Waals surface area contributed by atoms with Crippen molar-refractivity contribution in [3.8, 4) is 0 Å². The van der Waals surface area contributed by atoms with Crippen LogP contribution in [-0.4, -0.2) is 29.8 Å². The Labute approximate surface area is 127 Å². The van der Waals surface area contributed by atoms with E-state index in [0.29, 0.717) is 6.42 Å². The first-order valence-corrected chi connectivity index (χ1v) is 5.29. The Kier molecular flexibility index (Phi) is 9.77. The van der Waals surface area contributed by atoms with Gasteiger partial charge in [0.2, 0.25) is 0 Å². The number of carboxylic acid groups (broad SMARTS) is 1. The molecule has 5 nitrogen and oxygen atoms in total. The molecule has 0 aliphatic rings. The summed E-state index contributed by atoms with van der Waals surface area (Å²) in [6.45, 7) is 1.43. The second kappa shape index (κ2) is 7.97. The maximum atomic E-state index is 10.3. The first-order chi connectivity index (χ1) is 5.83. The van der Waals surface area contributed by atoms with Crippen molar-refractivity contribution in [2.75, 3.05) is 5.75 Å². The van der Waals surface area contributed by atoms with Gasteiger partial charge in [0.25, 0.3) is 10.1 Å². The number of aliphatic carboxylic acids is 1. The summed E-state index contributed by atoms with van der Waals surface area (Å²) in [6, 6.07) is 0. The molecule has 0 saturated heterocycles. The molecule has 0 spiro atoms. The minimum Gasteiger partial charge on any atom is -1.00 e. The number of unbranched alkanes of at least 4 members (excludes halogenated alkanes) is 1. The fourth-order valence-corrected chi connectivity index (χ4v) is 1.20. The molecule has 0 aromatic carbocycles. The quantitative estimate of drug-likeness (QED) is 0.249. The number of rotatable bonds is 5. The van der Waals surface area contributed by atoms with Gasteiger partial charge in [-0.3, -0.25) is 4.55 Å². The topological polar surface area (TPSA) is 91.7 Å². The molecule has 0 aromatic heterocycles. The number of carboxylic acids is 1. The summed E-state index contributed by atoms with van der Waals surface area (Å²) in [5.74, 6) is -1.36. The molecule has 0 fully saturated rings. The molecule has 0 heterocycles. The molecule has 0 unspecified atom stereocenters. The second-order valence-corrected chi connectivity index (χ2v) is 4.19. The predicted octanol–water partition coefficient (Wildman–Crippen LogP) is -2.20. The molecule has 0 aromatic rings. The van der Waals surface area contributed by atoms with Gasteiger partial charge in [-0.25, -0.2) is 4.79 Å². The summed E-state index contributed by atoms with van der Waals surface area (Å²) in [5.41, 5.74) is 0.176. The Bertz CT molecular complexity index is 311. The van der Waals surface area contributed by atoms with E-state index in [1.54, 1.807) is 0 Å². The SMILES string of the molecule is CC(=CCCCS(=O)(=O)O)C(=O)O.[H-].[K+]. The van der Waals surface area contributed by atoms with E-state index in [4.69, 9.17) is 9.66 Å². The minimum absolute atomic E-state index is 0. The van der Waals surface area contributed by atoms with Gasteiger partial charge in [-0.2, -0.15) is 8.42 Å². The molecule has 0 saturated carbocycles. The van der Waals surface area contributed by atoms with E-state index in [1.165, 1.54) is 13.0 Å². The summed E-state index contributed by atoms with van der Waals surface area (Å²) in [4.78, 5) is 10.3. The largest absolute Gasteiger partial charge is 1.00 e. The maximum Gasteiger partial charge on any atom is 1.00 e. The number of carbonyl (C=O) groups is 1. The first kappa shape index (κ1) is 17.2. The number of allylic oxidation sites excluding steroid dienone is 1. The average molecular weight is 248 g/mol. The van der Waals surface area contributed by atoms with Gasteiger partial charge < -0.3 is 6.53 Å². The third-order valence-electron chi connectivity index (χ3n) is 1.39. The van der Waals surface area contributed by atoms with Crippen LogP contribution < -0.4 is 51.4 Å². The van der Waals surface area contributed by atoms with Gasteiger partial charge in [-0.15, -0.1) is 0 Å². The summed E-state index contributed by atoms with van der Waals surface area (Å²) < 4.78 is 28.8. The second-order valence-electron chi connectivity index (χ2n) is 2.62. The van der Waals surface area contributed by atoms with Crippen molar-refractivity contribution in [3.63, 3.8) is 0 Å². The molecule has 0 aliphatic heterocycles. The summed E-state index contributed by atoms with van der Waals surface area (Å²) in [5, 5.41) is 8.41. The monoisotopic (exact) mass is 248 g/mol. The molecule has 0 radical (unpaired) electrons. The molecule has 0 aliphatic carbocycles. The van der Waals surface area contributed by atoms with Crippen molar-refractivity contribution in [1.29, 1.82) is 0 Å². The summed E-state index contributed by atoms with van der Waals surface area (Å²) in [7, 11) is -3.92. The zero-order valence-corrected chi connectivity index (χ0v) is 12.2. The Hall–Kier alpha value is 0.756. The molecule has 7 heteroatoms. The van der Waals surface area contributed by atoms with Crippen LogP contribution in [0.15, 0.2) is 11.6 Å². The van der Waals surface area contributed by atoms with E-state index in [-0.39, 0.29) is 70.6 Å². The van der Waals surface area contributed by atoms with Gasteiger partial charge in [0.15, 0.2) is 0 Å². The fraction of sp³-hybridized carbons (Fsp3) is 0.571. The van der Waals surface area contributed by atoms with Gasteiger partial charge >= 0.3 is 57.4 Å². The molecule has 0 bridgehead atoms. The Morgan fingerprint density at radius 2 is 2.00 bits per heavy atom. The Morgan fingerprint density at radius 1 is 1.50 bits per heavy atom. The smallest absolute Gasteiger partial charge is 1.00 e. The number of hydrogen-bond donors (Lipinski definition) is 2. The molecular formula is C7H13KO5S. The van der Waals surface area contributed by atoms with Crippen LogP contribution in [0.4, 0.5) is 0 Å². The van der Waals surface area contributed by atoms with E-state index < -0.39 is 16.1 Å². The van der Waals surface area contributed by atoms with Gasteiger partial charge in [0, 0.05) is 5.57 Å². The minimum atomic E-state index is -3.92. The van der Waals surface area contributed by atoms with Gasteiger partial charge in [-0.05, 0) is 19.8 Å². The van der Waals surface area contributed by atoms with E-state index in [9.17, 15) is 13.2 Å². The van der Waals surface area contributed by atoms with Crippen molar-refractivity contribution in [3.05, 3.63) is 11.6 Å². The van der Waals surface area contributed by atoms with Gasteiger partial charge in [-0.1, -0.05) is 6.08 Å². The standard InChI is InChI=1S/C7H12O5S.K.H/c1-6(7(8)9)4-2-3-5-13(10,11)12;;/h4H,2-3,5H2,1H3,(H,8,9)(H,10,11,12);;/q;+1;-1. The normalized spacial score (nSPS) is 12.0. The average Bonchev–Trinajstić information content (AvgIpc) is 1.95. The number of hydrogen-bond acceptors (Lipinski definition) is 3. The summed E-state index contributed by atoms with van der Waals surface area (Å²) >= 11 is 0. The molecule has 78 valence electrons. The van der Waals surface area contributed by atoms with Crippen LogP contribution in [0, 0.1) is 0 Å². The molecule has 14 heavy (non-hydrogen) atoms.